The van der Waals surface area contributed by atoms with E-state index in [-0.39, 0.29) is 12.1 Å². The van der Waals surface area contributed by atoms with Crippen molar-refractivity contribution in [3.05, 3.63) is 42.5 Å². The van der Waals surface area contributed by atoms with Gasteiger partial charge < -0.3 is 0 Å². The van der Waals surface area contributed by atoms with Gasteiger partial charge in [0.2, 0.25) is 10.0 Å². The molecule has 1 aromatic carbocycles. The maximum atomic E-state index is 12.5. The Morgan fingerprint density at radius 3 is 2.59 bits per heavy atom. The minimum absolute atomic E-state index is 0.0685. The summed E-state index contributed by atoms with van der Waals surface area (Å²) in [6.07, 6.45) is 6.92. The van der Waals surface area contributed by atoms with Crippen molar-refractivity contribution in [2.75, 3.05) is 0 Å². The highest BCUT2D eigenvalue weighted by atomic mass is 32.2. The van der Waals surface area contributed by atoms with Crippen LogP contribution in [0.5, 0.6) is 0 Å². The van der Waals surface area contributed by atoms with E-state index < -0.39 is 10.0 Å². The lowest BCUT2D eigenvalue weighted by atomic mass is 10.2. The van der Waals surface area contributed by atoms with Gasteiger partial charge in [0, 0.05) is 12.1 Å². The van der Waals surface area contributed by atoms with Crippen molar-refractivity contribution in [3.8, 4) is 0 Å². The summed E-state index contributed by atoms with van der Waals surface area (Å²) in [5.74, 6) is 0. The molecule has 3 nitrogen and oxygen atoms in total. The van der Waals surface area contributed by atoms with E-state index in [1.54, 1.807) is 28.6 Å². The van der Waals surface area contributed by atoms with Gasteiger partial charge in [0.15, 0.2) is 0 Å². The van der Waals surface area contributed by atoms with Crippen LogP contribution in [0.2, 0.25) is 0 Å². The molecule has 2 aliphatic heterocycles. The molecule has 0 amide bonds. The molecule has 2 bridgehead atoms. The van der Waals surface area contributed by atoms with Gasteiger partial charge in [-0.3, -0.25) is 0 Å². The van der Waals surface area contributed by atoms with Crippen LogP contribution in [-0.4, -0.2) is 24.8 Å². The van der Waals surface area contributed by atoms with Gasteiger partial charge in [-0.25, -0.2) is 8.42 Å². The topological polar surface area (TPSA) is 37.4 Å². The number of rotatable bonds is 2. The molecule has 90 valence electrons. The molecule has 1 aromatic rings. The third-order valence-corrected chi connectivity index (χ3v) is 5.56. The van der Waals surface area contributed by atoms with Crippen LogP contribution >= 0.6 is 0 Å². The zero-order valence-corrected chi connectivity index (χ0v) is 10.3. The van der Waals surface area contributed by atoms with E-state index in [9.17, 15) is 8.42 Å². The van der Waals surface area contributed by atoms with Gasteiger partial charge in [-0.15, -0.1) is 0 Å². The minimum Gasteiger partial charge on any atom is -0.207 e. The van der Waals surface area contributed by atoms with Crippen molar-refractivity contribution in [3.63, 3.8) is 0 Å². The number of nitrogens with zero attached hydrogens (tertiary/aromatic N) is 1. The molecule has 0 radical (unpaired) electrons. The van der Waals surface area contributed by atoms with Crippen LogP contribution in [0, 0.1) is 0 Å². The Morgan fingerprint density at radius 2 is 1.88 bits per heavy atom. The molecule has 17 heavy (non-hydrogen) atoms. The number of sulfonamides is 1. The average molecular weight is 249 g/mol. The molecule has 1 saturated heterocycles. The second-order valence-corrected chi connectivity index (χ2v) is 6.45. The second-order valence-electron chi connectivity index (χ2n) is 4.61. The van der Waals surface area contributed by atoms with E-state index in [1.165, 1.54) is 0 Å². The quantitative estimate of drug-likeness (QED) is 0.753. The fraction of sp³-hybridized carbons (Fsp3) is 0.385. The Morgan fingerprint density at radius 1 is 1.12 bits per heavy atom. The molecule has 2 atom stereocenters. The SMILES string of the molecule is O=S(=O)(c1ccccc1)N1[C@H]2CC=C[C@H]1CC2. The third-order valence-electron chi connectivity index (χ3n) is 3.57. The zero-order valence-electron chi connectivity index (χ0n) is 9.49. The van der Waals surface area contributed by atoms with Crippen LogP contribution in [0.1, 0.15) is 19.3 Å². The first-order valence-electron chi connectivity index (χ1n) is 5.95. The molecule has 1 fully saturated rings. The molecule has 0 saturated carbocycles. The molecule has 2 heterocycles. The summed E-state index contributed by atoms with van der Waals surface area (Å²) in [6, 6.07) is 8.96. The summed E-state index contributed by atoms with van der Waals surface area (Å²) in [7, 11) is -3.32. The standard InChI is InChI=1S/C13H15NO2S/c15-17(16,13-7-2-1-3-8-13)14-11-5-4-6-12(14)10-9-11/h1-5,7-8,11-12H,6,9-10H2/t11-,12-/m0/s1. The predicted octanol–water partition coefficient (Wildman–Crippen LogP) is 2.17. The molecule has 0 aliphatic carbocycles. The van der Waals surface area contributed by atoms with Gasteiger partial charge in [0.05, 0.1) is 4.90 Å². The highest BCUT2D eigenvalue weighted by molar-refractivity contribution is 7.89. The maximum Gasteiger partial charge on any atom is 0.243 e. The van der Waals surface area contributed by atoms with Crippen molar-refractivity contribution in [1.29, 1.82) is 0 Å². The van der Waals surface area contributed by atoms with Gasteiger partial charge in [-0.1, -0.05) is 30.4 Å². The van der Waals surface area contributed by atoms with Crippen LogP contribution in [0.15, 0.2) is 47.4 Å². The Balaban J connectivity index is 2.02. The van der Waals surface area contributed by atoms with Crippen LogP contribution < -0.4 is 0 Å². The van der Waals surface area contributed by atoms with Crippen molar-refractivity contribution in [2.45, 2.75) is 36.2 Å². The van der Waals surface area contributed by atoms with Gasteiger partial charge in [-0.05, 0) is 31.4 Å². The second kappa shape index (κ2) is 3.96. The number of hydrogen-bond donors (Lipinski definition) is 0. The molecule has 4 heteroatoms. The van der Waals surface area contributed by atoms with Crippen molar-refractivity contribution in [2.24, 2.45) is 0 Å². The van der Waals surface area contributed by atoms with E-state index in [0.29, 0.717) is 4.90 Å². The molecular formula is C13H15NO2S. The molecule has 3 rings (SSSR count). The highest BCUT2D eigenvalue weighted by Gasteiger charge is 2.42. The normalized spacial score (nSPS) is 28.5. The summed E-state index contributed by atoms with van der Waals surface area (Å²) in [5, 5.41) is 0. The van der Waals surface area contributed by atoms with E-state index >= 15 is 0 Å². The fourth-order valence-corrected chi connectivity index (χ4v) is 4.63. The largest absolute Gasteiger partial charge is 0.243 e. The number of fused-ring (bicyclic) bond motifs is 2. The Bertz CT molecular complexity index is 536. The van der Waals surface area contributed by atoms with E-state index in [0.717, 1.165) is 19.3 Å². The Labute approximate surface area is 102 Å². The lowest BCUT2D eigenvalue weighted by molar-refractivity contribution is 0.341. The lowest BCUT2D eigenvalue weighted by Gasteiger charge is -2.30. The van der Waals surface area contributed by atoms with Gasteiger partial charge in [0.25, 0.3) is 0 Å². The summed E-state index contributed by atoms with van der Waals surface area (Å²) in [4.78, 5) is 0.409. The predicted molar refractivity (Wildman–Crippen MR) is 66.0 cm³/mol. The maximum absolute atomic E-state index is 12.5. The first kappa shape index (κ1) is 11.0. The third kappa shape index (κ3) is 1.72. The van der Waals surface area contributed by atoms with Crippen LogP contribution in [0.3, 0.4) is 0 Å². The highest BCUT2D eigenvalue weighted by Crippen LogP contribution is 2.36. The summed E-state index contributed by atoms with van der Waals surface area (Å²) in [6.45, 7) is 0. The molecule has 2 aliphatic rings. The smallest absolute Gasteiger partial charge is 0.207 e. The molecular weight excluding hydrogens is 234 g/mol. The summed E-state index contributed by atoms with van der Waals surface area (Å²) in [5.41, 5.74) is 0. The molecule has 0 unspecified atom stereocenters. The monoisotopic (exact) mass is 249 g/mol. The van der Waals surface area contributed by atoms with E-state index in [1.807, 2.05) is 12.1 Å². The fourth-order valence-electron chi connectivity index (χ4n) is 2.77. The first-order valence-corrected chi connectivity index (χ1v) is 7.39. The number of hydrogen-bond acceptors (Lipinski definition) is 2. The molecule has 0 spiro atoms. The summed E-state index contributed by atoms with van der Waals surface area (Å²) >= 11 is 0. The lowest BCUT2D eigenvalue weighted by Crippen LogP contribution is -2.41. The number of benzene rings is 1. The van der Waals surface area contributed by atoms with Crippen LogP contribution in [0.25, 0.3) is 0 Å². The van der Waals surface area contributed by atoms with Crippen molar-refractivity contribution in [1.82, 2.24) is 4.31 Å². The zero-order chi connectivity index (χ0) is 11.9. The average Bonchev–Trinajstić information content (AvgIpc) is 2.62. The summed E-state index contributed by atoms with van der Waals surface area (Å²) < 4.78 is 26.8. The van der Waals surface area contributed by atoms with Gasteiger partial charge in [0.1, 0.15) is 0 Å². The minimum atomic E-state index is -3.32. The van der Waals surface area contributed by atoms with E-state index in [4.69, 9.17) is 0 Å². The van der Waals surface area contributed by atoms with E-state index in [2.05, 4.69) is 6.08 Å². The first-order chi connectivity index (χ1) is 8.19. The van der Waals surface area contributed by atoms with Crippen LogP contribution in [0.4, 0.5) is 0 Å². The Hall–Kier alpha value is -1.13. The van der Waals surface area contributed by atoms with Crippen molar-refractivity contribution >= 4 is 10.0 Å². The van der Waals surface area contributed by atoms with Gasteiger partial charge in [-0.2, -0.15) is 4.31 Å². The molecule has 0 N–H and O–H groups in total. The van der Waals surface area contributed by atoms with Crippen LogP contribution in [-0.2, 0) is 10.0 Å². The van der Waals surface area contributed by atoms with Crippen molar-refractivity contribution < 1.29 is 8.42 Å². The van der Waals surface area contributed by atoms with Gasteiger partial charge >= 0.3 is 0 Å². The molecule has 0 aromatic heterocycles. The Kier molecular flexibility index (Phi) is 2.56.